The van der Waals surface area contributed by atoms with Gasteiger partial charge in [-0.15, -0.1) is 0 Å². The van der Waals surface area contributed by atoms with Gasteiger partial charge < -0.3 is 14.9 Å². The van der Waals surface area contributed by atoms with E-state index in [1.54, 1.807) is 12.1 Å². The van der Waals surface area contributed by atoms with Crippen molar-refractivity contribution in [1.82, 2.24) is 0 Å². The van der Waals surface area contributed by atoms with E-state index in [0.717, 1.165) is 6.42 Å². The zero-order chi connectivity index (χ0) is 11.0. The molecule has 82 valence electrons. The van der Waals surface area contributed by atoms with E-state index < -0.39 is 5.97 Å². The van der Waals surface area contributed by atoms with Crippen LogP contribution in [0.15, 0.2) is 16.5 Å². The fraction of sp³-hybridized carbons (Fsp3) is 0.545. The molecule has 2 N–H and O–H groups in total. The van der Waals surface area contributed by atoms with Crippen molar-refractivity contribution in [2.75, 3.05) is 7.11 Å². The summed E-state index contributed by atoms with van der Waals surface area (Å²) in [4.78, 5) is 11.1. The number of furan rings is 1. The zero-order valence-electron chi connectivity index (χ0n) is 8.90. The minimum absolute atomic E-state index is 0.0987. The summed E-state index contributed by atoms with van der Waals surface area (Å²) in [5, 5.41) is 0. The number of carbonyl (C=O) groups excluding carboxylic acids is 1. The Hall–Kier alpha value is -1.29. The molecule has 1 aromatic rings. The fourth-order valence-corrected chi connectivity index (χ4v) is 1.80. The maximum atomic E-state index is 11.1. The van der Waals surface area contributed by atoms with Gasteiger partial charge in [-0.3, -0.25) is 0 Å². The summed E-state index contributed by atoms with van der Waals surface area (Å²) in [6, 6.07) is 3.26. The maximum absolute atomic E-state index is 11.1. The first-order valence-corrected chi connectivity index (χ1v) is 5.07. The second-order valence-electron chi connectivity index (χ2n) is 4.10. The van der Waals surface area contributed by atoms with E-state index in [-0.39, 0.29) is 11.8 Å². The first-order chi connectivity index (χ1) is 7.13. The van der Waals surface area contributed by atoms with Crippen molar-refractivity contribution < 1.29 is 13.9 Å². The predicted molar refractivity (Wildman–Crippen MR) is 54.2 cm³/mol. The van der Waals surface area contributed by atoms with E-state index in [1.165, 1.54) is 7.11 Å². The third kappa shape index (κ3) is 1.90. The lowest BCUT2D eigenvalue weighted by Gasteiger charge is -2.06. The van der Waals surface area contributed by atoms with Crippen LogP contribution >= 0.6 is 0 Å². The van der Waals surface area contributed by atoms with Gasteiger partial charge in [0.25, 0.3) is 0 Å². The van der Waals surface area contributed by atoms with Crippen LogP contribution in [0.2, 0.25) is 0 Å². The molecule has 0 aliphatic heterocycles. The summed E-state index contributed by atoms with van der Waals surface area (Å²) in [6.45, 7) is 2.16. The van der Waals surface area contributed by atoms with Crippen molar-refractivity contribution in [1.29, 1.82) is 0 Å². The van der Waals surface area contributed by atoms with Crippen molar-refractivity contribution >= 4 is 5.97 Å². The Labute approximate surface area is 88.4 Å². The van der Waals surface area contributed by atoms with Gasteiger partial charge >= 0.3 is 5.97 Å². The van der Waals surface area contributed by atoms with Crippen LogP contribution in [0.4, 0.5) is 0 Å². The molecule has 1 aliphatic rings. The van der Waals surface area contributed by atoms with Crippen LogP contribution in [-0.4, -0.2) is 13.1 Å². The molecule has 3 atom stereocenters. The normalized spacial score (nSPS) is 26.1. The molecule has 1 fully saturated rings. The topological polar surface area (TPSA) is 65.5 Å². The van der Waals surface area contributed by atoms with Gasteiger partial charge in [-0.05, 0) is 30.4 Å². The molecule has 0 aromatic carbocycles. The summed E-state index contributed by atoms with van der Waals surface area (Å²) in [7, 11) is 1.33. The Morgan fingerprint density at radius 2 is 2.33 bits per heavy atom. The molecular formula is C11H15NO3. The lowest BCUT2D eigenvalue weighted by atomic mass is 10.1. The average molecular weight is 209 g/mol. The number of nitrogens with two attached hydrogens (primary N) is 1. The average Bonchev–Trinajstić information content (AvgIpc) is 2.79. The number of ether oxygens (including phenoxy) is 1. The van der Waals surface area contributed by atoms with Gasteiger partial charge in [-0.2, -0.15) is 0 Å². The van der Waals surface area contributed by atoms with Crippen LogP contribution < -0.4 is 5.73 Å². The van der Waals surface area contributed by atoms with Gasteiger partial charge in [-0.25, -0.2) is 4.79 Å². The lowest BCUT2D eigenvalue weighted by Crippen LogP contribution is -2.12. The van der Waals surface area contributed by atoms with Crippen LogP contribution in [0, 0.1) is 11.8 Å². The molecule has 0 spiro atoms. The Kier molecular flexibility index (Phi) is 2.52. The summed E-state index contributed by atoms with van der Waals surface area (Å²) < 4.78 is 9.90. The summed E-state index contributed by atoms with van der Waals surface area (Å²) in [6.07, 6.45) is 1.13. The Balaban J connectivity index is 2.09. The third-order valence-electron chi connectivity index (χ3n) is 2.97. The number of esters is 1. The Morgan fingerprint density at radius 3 is 2.87 bits per heavy atom. The molecule has 1 heterocycles. The molecule has 1 aromatic heterocycles. The van der Waals surface area contributed by atoms with Crippen LogP contribution in [0.5, 0.6) is 0 Å². The third-order valence-corrected chi connectivity index (χ3v) is 2.97. The lowest BCUT2D eigenvalue weighted by molar-refractivity contribution is 0.0562. The highest BCUT2D eigenvalue weighted by atomic mass is 16.5. The summed E-state index contributed by atoms with van der Waals surface area (Å²) in [5.41, 5.74) is 6.00. The molecule has 0 bridgehead atoms. The first kappa shape index (κ1) is 10.2. The molecule has 4 nitrogen and oxygen atoms in total. The highest BCUT2D eigenvalue weighted by Gasteiger charge is 2.39. The summed E-state index contributed by atoms with van der Waals surface area (Å²) in [5.74, 6) is 1.58. The van der Waals surface area contributed by atoms with Crippen LogP contribution in [0.1, 0.15) is 35.7 Å². The SMILES string of the molecule is COC(=O)c1ccc(C(N)C2CC2C)o1. The summed E-state index contributed by atoms with van der Waals surface area (Å²) >= 11 is 0. The van der Waals surface area contributed by atoms with E-state index in [9.17, 15) is 4.79 Å². The highest BCUT2D eigenvalue weighted by molar-refractivity contribution is 5.86. The minimum atomic E-state index is -0.461. The van der Waals surface area contributed by atoms with Crippen LogP contribution in [0.3, 0.4) is 0 Å². The van der Waals surface area contributed by atoms with E-state index in [0.29, 0.717) is 17.6 Å². The van der Waals surface area contributed by atoms with Gasteiger partial charge in [0.1, 0.15) is 5.76 Å². The van der Waals surface area contributed by atoms with Gasteiger partial charge in [0.05, 0.1) is 13.2 Å². The molecule has 1 saturated carbocycles. The van der Waals surface area contributed by atoms with Gasteiger partial charge in [-0.1, -0.05) is 6.92 Å². The van der Waals surface area contributed by atoms with Crippen molar-refractivity contribution in [3.63, 3.8) is 0 Å². The maximum Gasteiger partial charge on any atom is 0.373 e. The van der Waals surface area contributed by atoms with Crippen molar-refractivity contribution in [2.45, 2.75) is 19.4 Å². The van der Waals surface area contributed by atoms with Crippen molar-refractivity contribution in [3.8, 4) is 0 Å². The highest BCUT2D eigenvalue weighted by Crippen LogP contribution is 2.45. The predicted octanol–water partition coefficient (Wildman–Crippen LogP) is 1.72. The number of rotatable bonds is 3. The second kappa shape index (κ2) is 3.70. The molecule has 4 heteroatoms. The molecule has 15 heavy (non-hydrogen) atoms. The molecule has 0 saturated heterocycles. The van der Waals surface area contributed by atoms with E-state index >= 15 is 0 Å². The van der Waals surface area contributed by atoms with Crippen LogP contribution in [-0.2, 0) is 4.74 Å². The quantitative estimate of drug-likeness (QED) is 0.770. The van der Waals surface area contributed by atoms with Gasteiger partial charge in [0.15, 0.2) is 0 Å². The monoisotopic (exact) mass is 209 g/mol. The molecule has 0 radical (unpaired) electrons. The molecule has 3 unspecified atom stereocenters. The number of hydrogen-bond acceptors (Lipinski definition) is 4. The van der Waals surface area contributed by atoms with E-state index in [4.69, 9.17) is 10.2 Å². The molecule has 2 rings (SSSR count). The zero-order valence-corrected chi connectivity index (χ0v) is 8.90. The molecule has 0 amide bonds. The van der Waals surface area contributed by atoms with Crippen molar-refractivity contribution in [3.05, 3.63) is 23.7 Å². The van der Waals surface area contributed by atoms with Gasteiger partial charge in [0.2, 0.25) is 5.76 Å². The number of methoxy groups -OCH3 is 1. The largest absolute Gasteiger partial charge is 0.463 e. The first-order valence-electron chi connectivity index (χ1n) is 5.07. The number of carbonyl (C=O) groups is 1. The molecular weight excluding hydrogens is 194 g/mol. The van der Waals surface area contributed by atoms with E-state index in [1.807, 2.05) is 0 Å². The minimum Gasteiger partial charge on any atom is -0.463 e. The van der Waals surface area contributed by atoms with Crippen LogP contribution in [0.25, 0.3) is 0 Å². The Bertz CT molecular complexity index is 372. The number of hydrogen-bond donors (Lipinski definition) is 1. The molecule has 1 aliphatic carbocycles. The second-order valence-corrected chi connectivity index (χ2v) is 4.10. The van der Waals surface area contributed by atoms with Gasteiger partial charge in [0, 0.05) is 0 Å². The standard InChI is InChI=1S/C11H15NO3/c1-6-5-7(6)10(12)8-3-4-9(15-8)11(13)14-2/h3-4,6-7,10H,5,12H2,1-2H3. The smallest absolute Gasteiger partial charge is 0.373 e. The van der Waals surface area contributed by atoms with E-state index in [2.05, 4.69) is 11.7 Å². The Morgan fingerprint density at radius 1 is 1.67 bits per heavy atom. The fourth-order valence-electron chi connectivity index (χ4n) is 1.80. The van der Waals surface area contributed by atoms with Crippen molar-refractivity contribution in [2.24, 2.45) is 17.6 Å².